The maximum absolute atomic E-state index is 12.9. The second kappa shape index (κ2) is 8.45. The van der Waals surface area contributed by atoms with Crippen molar-refractivity contribution < 1.29 is 14.3 Å². The molecule has 0 saturated carbocycles. The maximum Gasteiger partial charge on any atom is 0.245 e. The van der Waals surface area contributed by atoms with Gasteiger partial charge in [-0.15, -0.1) is 0 Å². The fourth-order valence-electron chi connectivity index (χ4n) is 3.40. The predicted octanol–water partition coefficient (Wildman–Crippen LogP) is 0.934. The first-order chi connectivity index (χ1) is 12.1. The van der Waals surface area contributed by atoms with E-state index in [-0.39, 0.29) is 17.9 Å². The summed E-state index contributed by atoms with van der Waals surface area (Å²) in [6.07, 6.45) is 1.04. The Labute approximate surface area is 149 Å². The van der Waals surface area contributed by atoms with Crippen LogP contribution in [0.5, 0.6) is 0 Å². The first kappa shape index (κ1) is 17.9. The molecule has 0 aromatic heterocycles. The lowest BCUT2D eigenvalue weighted by Gasteiger charge is -2.31. The van der Waals surface area contributed by atoms with Crippen molar-refractivity contribution in [3.63, 3.8) is 0 Å². The van der Waals surface area contributed by atoms with Gasteiger partial charge in [-0.3, -0.25) is 14.5 Å². The number of morpholine rings is 1. The summed E-state index contributed by atoms with van der Waals surface area (Å²) in [5, 5.41) is 2.81. The summed E-state index contributed by atoms with van der Waals surface area (Å²) in [7, 11) is 0. The van der Waals surface area contributed by atoms with Gasteiger partial charge in [-0.25, -0.2) is 0 Å². The van der Waals surface area contributed by atoms with Gasteiger partial charge in [0.2, 0.25) is 11.8 Å². The summed E-state index contributed by atoms with van der Waals surface area (Å²) >= 11 is 0. The standard InChI is InChI=1S/C19H27N3O3/c1-15-3-2-4-16(13-15)14-22(8-7-21-9-11-25-12-10-21)19(24)17-5-6-18(23)20-17/h2-4,13,17H,5-12,14H2,1H3,(H,20,23). The van der Waals surface area contributed by atoms with Crippen molar-refractivity contribution in [2.75, 3.05) is 39.4 Å². The van der Waals surface area contributed by atoms with Gasteiger partial charge in [-0.1, -0.05) is 29.8 Å². The highest BCUT2D eigenvalue weighted by Crippen LogP contribution is 2.14. The SMILES string of the molecule is Cc1cccc(CN(CCN2CCOCC2)C(=O)C2CCC(=O)N2)c1. The van der Waals surface area contributed by atoms with Crippen LogP contribution >= 0.6 is 0 Å². The summed E-state index contributed by atoms with van der Waals surface area (Å²) in [5.74, 6) is 0.00245. The van der Waals surface area contributed by atoms with Crippen molar-refractivity contribution in [3.8, 4) is 0 Å². The normalized spacial score (nSPS) is 21.2. The van der Waals surface area contributed by atoms with Crippen LogP contribution in [-0.2, 0) is 20.9 Å². The van der Waals surface area contributed by atoms with Crippen molar-refractivity contribution in [2.45, 2.75) is 32.4 Å². The minimum absolute atomic E-state index is 0.0259. The van der Waals surface area contributed by atoms with E-state index in [1.165, 1.54) is 5.56 Å². The summed E-state index contributed by atoms with van der Waals surface area (Å²) in [6, 6.07) is 7.87. The minimum Gasteiger partial charge on any atom is -0.379 e. The average molecular weight is 345 g/mol. The fourth-order valence-corrected chi connectivity index (χ4v) is 3.40. The number of hydrogen-bond acceptors (Lipinski definition) is 4. The third-order valence-electron chi connectivity index (χ3n) is 4.85. The number of amides is 2. The summed E-state index contributed by atoms with van der Waals surface area (Å²) in [6.45, 7) is 7.47. The highest BCUT2D eigenvalue weighted by Gasteiger charge is 2.31. The van der Waals surface area contributed by atoms with Crippen LogP contribution in [0.4, 0.5) is 0 Å². The number of rotatable bonds is 6. The lowest BCUT2D eigenvalue weighted by Crippen LogP contribution is -2.48. The molecule has 25 heavy (non-hydrogen) atoms. The topological polar surface area (TPSA) is 61.9 Å². The van der Waals surface area contributed by atoms with Gasteiger partial charge in [0.25, 0.3) is 0 Å². The van der Waals surface area contributed by atoms with Gasteiger partial charge in [-0.05, 0) is 18.9 Å². The molecule has 1 aromatic carbocycles. The molecule has 2 heterocycles. The van der Waals surface area contributed by atoms with Crippen molar-refractivity contribution >= 4 is 11.8 Å². The summed E-state index contributed by atoms with van der Waals surface area (Å²) in [5.41, 5.74) is 2.31. The Bertz CT molecular complexity index is 614. The van der Waals surface area contributed by atoms with Crippen LogP contribution in [0, 0.1) is 6.92 Å². The third kappa shape index (κ3) is 5.03. The van der Waals surface area contributed by atoms with Crippen molar-refractivity contribution in [1.82, 2.24) is 15.1 Å². The Kier molecular flexibility index (Phi) is 6.04. The number of carbonyl (C=O) groups is 2. The molecule has 3 rings (SSSR count). The maximum atomic E-state index is 12.9. The van der Waals surface area contributed by atoms with Crippen LogP contribution in [0.1, 0.15) is 24.0 Å². The first-order valence-corrected chi connectivity index (χ1v) is 9.05. The first-order valence-electron chi connectivity index (χ1n) is 9.05. The van der Waals surface area contributed by atoms with Crippen molar-refractivity contribution in [1.29, 1.82) is 0 Å². The molecule has 2 amide bonds. The van der Waals surface area contributed by atoms with Crippen LogP contribution in [0.2, 0.25) is 0 Å². The number of hydrogen-bond donors (Lipinski definition) is 1. The molecule has 1 N–H and O–H groups in total. The Morgan fingerprint density at radius 2 is 2.16 bits per heavy atom. The second-order valence-electron chi connectivity index (χ2n) is 6.86. The monoisotopic (exact) mass is 345 g/mol. The molecule has 6 heteroatoms. The smallest absolute Gasteiger partial charge is 0.245 e. The molecule has 0 aliphatic carbocycles. The van der Waals surface area contributed by atoms with Gasteiger partial charge in [0.1, 0.15) is 6.04 Å². The largest absolute Gasteiger partial charge is 0.379 e. The van der Waals surface area contributed by atoms with Crippen LogP contribution in [-0.4, -0.2) is 67.0 Å². The van der Waals surface area contributed by atoms with E-state index >= 15 is 0 Å². The van der Waals surface area contributed by atoms with E-state index < -0.39 is 0 Å². The Balaban J connectivity index is 1.65. The van der Waals surface area contributed by atoms with E-state index in [1.54, 1.807) is 0 Å². The number of carbonyl (C=O) groups excluding carboxylic acids is 2. The number of nitrogens with zero attached hydrogens (tertiary/aromatic N) is 2. The Hall–Kier alpha value is -1.92. The highest BCUT2D eigenvalue weighted by atomic mass is 16.5. The average Bonchev–Trinajstić information content (AvgIpc) is 3.05. The quantitative estimate of drug-likeness (QED) is 0.833. The molecule has 0 radical (unpaired) electrons. The fraction of sp³-hybridized carbons (Fsp3) is 0.579. The number of aryl methyl sites for hydroxylation is 1. The van der Waals surface area contributed by atoms with Crippen molar-refractivity contribution in [3.05, 3.63) is 35.4 Å². The number of nitrogens with one attached hydrogen (secondary N) is 1. The zero-order valence-corrected chi connectivity index (χ0v) is 14.9. The lowest BCUT2D eigenvalue weighted by molar-refractivity contribution is -0.135. The van der Waals surface area contributed by atoms with Gasteiger partial charge < -0.3 is 15.0 Å². The molecule has 0 bridgehead atoms. The molecule has 2 aliphatic heterocycles. The van der Waals surface area contributed by atoms with E-state index in [4.69, 9.17) is 4.74 Å². The second-order valence-corrected chi connectivity index (χ2v) is 6.86. The van der Waals surface area contributed by atoms with E-state index in [0.717, 1.165) is 38.4 Å². The van der Waals surface area contributed by atoms with E-state index in [9.17, 15) is 9.59 Å². The lowest BCUT2D eigenvalue weighted by atomic mass is 10.1. The van der Waals surface area contributed by atoms with Gasteiger partial charge >= 0.3 is 0 Å². The number of benzene rings is 1. The molecule has 2 fully saturated rings. The van der Waals surface area contributed by atoms with Gasteiger partial charge in [0.15, 0.2) is 0 Å². The molecule has 1 atom stereocenters. The number of ether oxygens (including phenoxy) is 1. The van der Waals surface area contributed by atoms with Crippen LogP contribution in [0.15, 0.2) is 24.3 Å². The summed E-state index contributed by atoms with van der Waals surface area (Å²) < 4.78 is 5.39. The Morgan fingerprint density at radius 3 is 2.84 bits per heavy atom. The molecular weight excluding hydrogens is 318 g/mol. The molecule has 2 saturated heterocycles. The zero-order chi connectivity index (χ0) is 17.6. The van der Waals surface area contributed by atoms with Gasteiger partial charge in [0, 0.05) is 39.1 Å². The zero-order valence-electron chi connectivity index (χ0n) is 14.9. The molecule has 6 nitrogen and oxygen atoms in total. The molecular formula is C19H27N3O3. The summed E-state index contributed by atoms with van der Waals surface area (Å²) in [4.78, 5) is 28.6. The van der Waals surface area contributed by atoms with Crippen LogP contribution in [0.25, 0.3) is 0 Å². The third-order valence-corrected chi connectivity index (χ3v) is 4.85. The highest BCUT2D eigenvalue weighted by molar-refractivity contribution is 5.90. The molecule has 0 spiro atoms. The van der Waals surface area contributed by atoms with E-state index in [0.29, 0.717) is 25.9 Å². The molecule has 1 aromatic rings. The van der Waals surface area contributed by atoms with Crippen LogP contribution in [0.3, 0.4) is 0 Å². The molecule has 136 valence electrons. The van der Waals surface area contributed by atoms with Crippen LogP contribution < -0.4 is 5.32 Å². The van der Waals surface area contributed by atoms with Gasteiger partial charge in [0.05, 0.1) is 13.2 Å². The molecule has 2 aliphatic rings. The van der Waals surface area contributed by atoms with Gasteiger partial charge in [-0.2, -0.15) is 0 Å². The Morgan fingerprint density at radius 1 is 1.36 bits per heavy atom. The van der Waals surface area contributed by atoms with E-state index in [2.05, 4.69) is 35.3 Å². The minimum atomic E-state index is -0.373. The molecule has 1 unspecified atom stereocenters. The predicted molar refractivity (Wildman–Crippen MR) is 95.0 cm³/mol. The van der Waals surface area contributed by atoms with Crippen molar-refractivity contribution in [2.24, 2.45) is 0 Å². The van der Waals surface area contributed by atoms with E-state index in [1.807, 2.05) is 11.0 Å².